The van der Waals surface area contributed by atoms with Gasteiger partial charge in [-0.25, -0.2) is 9.97 Å². The summed E-state index contributed by atoms with van der Waals surface area (Å²) >= 11 is 6.23. The molecule has 1 aliphatic rings. The second kappa shape index (κ2) is 5.65. The van der Waals surface area contributed by atoms with E-state index in [9.17, 15) is 0 Å². The quantitative estimate of drug-likeness (QED) is 0.702. The highest BCUT2D eigenvalue weighted by atomic mass is 35.5. The lowest BCUT2D eigenvalue weighted by Gasteiger charge is -2.17. The molecule has 0 N–H and O–H groups in total. The molecule has 0 saturated heterocycles. The maximum Gasteiger partial charge on any atom is 0.269 e. The van der Waals surface area contributed by atoms with E-state index >= 15 is 0 Å². The third-order valence-electron chi connectivity index (χ3n) is 4.13. The molecule has 1 saturated carbocycles. The minimum Gasteiger partial charge on any atom is -0.419 e. The number of fused-ring (bicyclic) bond motifs is 1. The Morgan fingerprint density at radius 2 is 1.68 bits per heavy atom. The van der Waals surface area contributed by atoms with Crippen LogP contribution in [-0.2, 0) is 0 Å². The van der Waals surface area contributed by atoms with E-state index in [0.29, 0.717) is 23.4 Å². The molecular formula is C16H15ClN4O. The SMILES string of the molecule is Clc1nc2ccccc2nc1-c1nnc(C2CCCCC2)o1. The lowest BCUT2D eigenvalue weighted by Crippen LogP contribution is -2.04. The number of halogens is 1. The van der Waals surface area contributed by atoms with Crippen molar-refractivity contribution in [3.63, 3.8) is 0 Å². The van der Waals surface area contributed by atoms with Crippen molar-refractivity contribution >= 4 is 22.6 Å². The molecule has 1 fully saturated rings. The van der Waals surface area contributed by atoms with Crippen LogP contribution in [-0.4, -0.2) is 20.2 Å². The average Bonchev–Trinajstić information content (AvgIpc) is 3.05. The van der Waals surface area contributed by atoms with Crippen molar-refractivity contribution < 1.29 is 4.42 Å². The summed E-state index contributed by atoms with van der Waals surface area (Å²) in [6, 6.07) is 7.58. The monoisotopic (exact) mass is 314 g/mol. The molecule has 0 aliphatic heterocycles. The van der Waals surface area contributed by atoms with Crippen molar-refractivity contribution in [1.29, 1.82) is 0 Å². The summed E-state index contributed by atoms with van der Waals surface area (Å²) in [6.45, 7) is 0. The van der Waals surface area contributed by atoms with Crippen LogP contribution >= 0.6 is 11.6 Å². The zero-order chi connectivity index (χ0) is 14.9. The van der Waals surface area contributed by atoms with Gasteiger partial charge in [0.1, 0.15) is 0 Å². The molecule has 22 heavy (non-hydrogen) atoms. The van der Waals surface area contributed by atoms with Crippen molar-refractivity contribution in [3.05, 3.63) is 35.3 Å². The van der Waals surface area contributed by atoms with Crippen molar-refractivity contribution in [2.24, 2.45) is 0 Å². The number of aromatic nitrogens is 4. The summed E-state index contributed by atoms with van der Waals surface area (Å²) in [7, 11) is 0. The molecule has 6 heteroatoms. The van der Waals surface area contributed by atoms with E-state index < -0.39 is 0 Å². The van der Waals surface area contributed by atoms with Crippen LogP contribution in [0, 0.1) is 0 Å². The number of rotatable bonds is 2. The van der Waals surface area contributed by atoms with Crippen LogP contribution in [0.15, 0.2) is 28.7 Å². The van der Waals surface area contributed by atoms with Crippen LogP contribution in [0.2, 0.25) is 5.15 Å². The van der Waals surface area contributed by atoms with Crippen LogP contribution in [0.4, 0.5) is 0 Å². The molecule has 0 unspecified atom stereocenters. The van der Waals surface area contributed by atoms with Gasteiger partial charge in [0, 0.05) is 5.92 Å². The van der Waals surface area contributed by atoms with E-state index in [1.165, 1.54) is 19.3 Å². The van der Waals surface area contributed by atoms with Crippen LogP contribution < -0.4 is 0 Å². The van der Waals surface area contributed by atoms with Crippen molar-refractivity contribution in [3.8, 4) is 11.6 Å². The van der Waals surface area contributed by atoms with Gasteiger partial charge in [0.2, 0.25) is 5.89 Å². The highest BCUT2D eigenvalue weighted by Crippen LogP contribution is 2.34. The summed E-state index contributed by atoms with van der Waals surface area (Å²) in [4.78, 5) is 8.86. The average molecular weight is 315 g/mol. The first-order valence-electron chi connectivity index (χ1n) is 7.57. The van der Waals surface area contributed by atoms with Gasteiger partial charge in [-0.1, -0.05) is 43.0 Å². The van der Waals surface area contributed by atoms with Gasteiger partial charge >= 0.3 is 0 Å². The summed E-state index contributed by atoms with van der Waals surface area (Å²) in [5.41, 5.74) is 1.97. The van der Waals surface area contributed by atoms with Gasteiger partial charge in [0.15, 0.2) is 10.8 Å². The molecule has 1 aromatic carbocycles. The zero-order valence-corrected chi connectivity index (χ0v) is 12.8. The van der Waals surface area contributed by atoms with E-state index in [4.69, 9.17) is 16.0 Å². The van der Waals surface area contributed by atoms with E-state index in [1.807, 2.05) is 24.3 Å². The Bertz CT molecular complexity index is 811. The van der Waals surface area contributed by atoms with Crippen LogP contribution in [0.3, 0.4) is 0 Å². The predicted molar refractivity (Wildman–Crippen MR) is 83.7 cm³/mol. The van der Waals surface area contributed by atoms with Gasteiger partial charge in [0.25, 0.3) is 5.89 Å². The summed E-state index contributed by atoms with van der Waals surface area (Å²) in [5, 5.41) is 8.61. The van der Waals surface area contributed by atoms with Crippen LogP contribution in [0.1, 0.15) is 43.9 Å². The lowest BCUT2D eigenvalue weighted by atomic mass is 9.89. The number of hydrogen-bond donors (Lipinski definition) is 0. The van der Waals surface area contributed by atoms with Gasteiger partial charge in [-0.3, -0.25) is 0 Å². The first-order valence-corrected chi connectivity index (χ1v) is 7.95. The molecule has 2 aromatic heterocycles. The Kier molecular flexibility index (Phi) is 3.50. The second-order valence-corrected chi connectivity index (χ2v) is 5.99. The zero-order valence-electron chi connectivity index (χ0n) is 12.0. The predicted octanol–water partition coefficient (Wildman–Crippen LogP) is 4.38. The molecule has 0 radical (unpaired) electrons. The largest absolute Gasteiger partial charge is 0.419 e. The fourth-order valence-corrected chi connectivity index (χ4v) is 3.17. The Morgan fingerprint density at radius 3 is 2.45 bits per heavy atom. The first-order chi connectivity index (χ1) is 10.8. The van der Waals surface area contributed by atoms with Crippen molar-refractivity contribution in [2.45, 2.75) is 38.0 Å². The molecule has 5 nitrogen and oxygen atoms in total. The van der Waals surface area contributed by atoms with Crippen molar-refractivity contribution in [2.75, 3.05) is 0 Å². The topological polar surface area (TPSA) is 64.7 Å². The Labute approximate surface area is 132 Å². The molecule has 0 amide bonds. The van der Waals surface area contributed by atoms with E-state index in [1.54, 1.807) is 0 Å². The number of para-hydroxylation sites is 2. The van der Waals surface area contributed by atoms with E-state index in [-0.39, 0.29) is 5.15 Å². The number of hydrogen-bond acceptors (Lipinski definition) is 5. The molecule has 4 rings (SSSR count). The van der Waals surface area contributed by atoms with E-state index in [0.717, 1.165) is 23.9 Å². The third kappa shape index (κ3) is 2.46. The minimum absolute atomic E-state index is 0.289. The standard InChI is InChI=1S/C16H15ClN4O/c17-14-13(18-11-8-4-5-9-12(11)19-14)16-21-20-15(22-16)10-6-2-1-3-7-10/h4-5,8-10H,1-3,6-7H2. The van der Waals surface area contributed by atoms with Gasteiger partial charge in [-0.2, -0.15) is 0 Å². The van der Waals surface area contributed by atoms with Crippen molar-refractivity contribution in [1.82, 2.24) is 20.2 Å². The normalized spacial score (nSPS) is 16.2. The molecule has 0 atom stereocenters. The summed E-state index contributed by atoms with van der Waals surface area (Å²) < 4.78 is 5.83. The minimum atomic E-state index is 0.289. The molecule has 3 aromatic rings. The van der Waals surface area contributed by atoms with Crippen LogP contribution in [0.25, 0.3) is 22.6 Å². The van der Waals surface area contributed by atoms with Crippen LogP contribution in [0.5, 0.6) is 0 Å². The maximum atomic E-state index is 6.23. The van der Waals surface area contributed by atoms with Gasteiger partial charge < -0.3 is 4.42 Å². The highest BCUT2D eigenvalue weighted by Gasteiger charge is 2.23. The molecule has 2 heterocycles. The summed E-state index contributed by atoms with van der Waals surface area (Å²) in [5.74, 6) is 1.41. The first kappa shape index (κ1) is 13.6. The fraction of sp³-hybridized carbons (Fsp3) is 0.375. The van der Waals surface area contributed by atoms with Gasteiger partial charge in [0.05, 0.1) is 11.0 Å². The molecule has 1 aliphatic carbocycles. The maximum absolute atomic E-state index is 6.23. The Morgan fingerprint density at radius 1 is 0.955 bits per heavy atom. The smallest absolute Gasteiger partial charge is 0.269 e. The summed E-state index contributed by atoms with van der Waals surface area (Å²) in [6.07, 6.45) is 5.95. The molecule has 112 valence electrons. The Hall–Kier alpha value is -2.01. The number of benzene rings is 1. The van der Waals surface area contributed by atoms with E-state index in [2.05, 4.69) is 20.2 Å². The molecular weight excluding hydrogens is 300 g/mol. The highest BCUT2D eigenvalue weighted by molar-refractivity contribution is 6.32. The lowest BCUT2D eigenvalue weighted by molar-refractivity contribution is 0.367. The van der Waals surface area contributed by atoms with Gasteiger partial charge in [-0.05, 0) is 25.0 Å². The molecule has 0 spiro atoms. The Balaban J connectivity index is 1.72. The third-order valence-corrected chi connectivity index (χ3v) is 4.39. The molecule has 0 bridgehead atoms. The second-order valence-electron chi connectivity index (χ2n) is 5.63. The van der Waals surface area contributed by atoms with Gasteiger partial charge in [-0.15, -0.1) is 10.2 Å². The number of nitrogens with zero attached hydrogens (tertiary/aromatic N) is 4. The fourth-order valence-electron chi connectivity index (χ4n) is 2.96.